The van der Waals surface area contributed by atoms with Gasteiger partial charge in [-0.3, -0.25) is 4.79 Å². The minimum absolute atomic E-state index is 0.138. The Labute approximate surface area is 141 Å². The van der Waals surface area contributed by atoms with Gasteiger partial charge in [0.05, 0.1) is 0 Å². The van der Waals surface area contributed by atoms with E-state index in [1.165, 1.54) is 0 Å². The number of hydrogen-bond donors (Lipinski definition) is 1. The molecule has 2 aliphatic rings. The van der Waals surface area contributed by atoms with Crippen LogP contribution in [0.4, 0.5) is 10.5 Å². The maximum atomic E-state index is 12.4. The topological polar surface area (TPSA) is 52.7 Å². The van der Waals surface area contributed by atoms with E-state index in [0.29, 0.717) is 36.3 Å². The number of amides is 3. The van der Waals surface area contributed by atoms with Crippen molar-refractivity contribution in [3.05, 3.63) is 29.3 Å². The van der Waals surface area contributed by atoms with Gasteiger partial charge in [0.25, 0.3) is 0 Å². The van der Waals surface area contributed by atoms with E-state index >= 15 is 0 Å². The summed E-state index contributed by atoms with van der Waals surface area (Å²) in [6, 6.07) is 6.97. The van der Waals surface area contributed by atoms with E-state index in [2.05, 4.69) is 12.2 Å². The van der Waals surface area contributed by atoms with Gasteiger partial charge >= 0.3 is 6.03 Å². The summed E-state index contributed by atoms with van der Waals surface area (Å²) in [5.41, 5.74) is 0.687. The van der Waals surface area contributed by atoms with Crippen LogP contribution < -0.4 is 5.32 Å². The molecule has 0 unspecified atom stereocenters. The highest BCUT2D eigenvalue weighted by Crippen LogP contribution is 2.39. The molecule has 23 heavy (non-hydrogen) atoms. The summed E-state index contributed by atoms with van der Waals surface area (Å²) in [7, 11) is 0. The Balaban J connectivity index is 1.55. The first kappa shape index (κ1) is 16.1. The quantitative estimate of drug-likeness (QED) is 0.903. The van der Waals surface area contributed by atoms with E-state index in [9.17, 15) is 9.59 Å². The third-order valence-corrected chi connectivity index (χ3v) is 4.83. The van der Waals surface area contributed by atoms with Crippen LogP contribution in [0.5, 0.6) is 0 Å². The second kappa shape index (κ2) is 6.79. The molecule has 1 aliphatic heterocycles. The summed E-state index contributed by atoms with van der Waals surface area (Å²) in [5, 5.41) is 3.46. The van der Waals surface area contributed by atoms with Gasteiger partial charge in [0.1, 0.15) is 0 Å². The highest BCUT2D eigenvalue weighted by Gasteiger charge is 2.41. The molecule has 1 N–H and O–H groups in total. The zero-order valence-corrected chi connectivity index (χ0v) is 14.1. The van der Waals surface area contributed by atoms with E-state index in [1.807, 2.05) is 11.0 Å². The van der Waals surface area contributed by atoms with Crippen molar-refractivity contribution >= 4 is 29.2 Å². The van der Waals surface area contributed by atoms with Crippen molar-refractivity contribution < 1.29 is 9.59 Å². The molecule has 5 nitrogen and oxygen atoms in total. The molecule has 124 valence electrons. The number of rotatable bonds is 2. The molecule has 1 heterocycles. The average Bonchev–Trinajstić information content (AvgIpc) is 3.28. The normalized spacial score (nSPS) is 24.1. The fourth-order valence-electron chi connectivity index (χ4n) is 3.01. The molecule has 0 radical (unpaired) electrons. The van der Waals surface area contributed by atoms with Crippen LogP contribution in [0.3, 0.4) is 0 Å². The van der Waals surface area contributed by atoms with Crippen molar-refractivity contribution in [3.63, 3.8) is 0 Å². The lowest BCUT2D eigenvalue weighted by Gasteiger charge is -2.22. The lowest BCUT2D eigenvalue weighted by molar-refractivity contribution is -0.132. The minimum atomic E-state index is -0.138. The van der Waals surface area contributed by atoms with Gasteiger partial charge in [0, 0.05) is 42.8 Å². The van der Waals surface area contributed by atoms with E-state index < -0.39 is 0 Å². The maximum Gasteiger partial charge on any atom is 0.321 e. The van der Waals surface area contributed by atoms with Crippen LogP contribution in [0.1, 0.15) is 19.8 Å². The van der Waals surface area contributed by atoms with Gasteiger partial charge in [0.15, 0.2) is 0 Å². The second-order valence-electron chi connectivity index (χ2n) is 6.43. The van der Waals surface area contributed by atoms with Crippen molar-refractivity contribution in [3.8, 4) is 0 Å². The Morgan fingerprint density at radius 1 is 1.17 bits per heavy atom. The molecular formula is C17H22ClN3O2. The van der Waals surface area contributed by atoms with E-state index in [1.54, 1.807) is 23.1 Å². The van der Waals surface area contributed by atoms with E-state index in [4.69, 9.17) is 11.6 Å². The van der Waals surface area contributed by atoms with Gasteiger partial charge in [0.2, 0.25) is 5.91 Å². The summed E-state index contributed by atoms with van der Waals surface area (Å²) < 4.78 is 0. The van der Waals surface area contributed by atoms with E-state index in [0.717, 1.165) is 19.4 Å². The molecule has 3 amide bonds. The molecule has 0 aromatic heterocycles. The number of nitrogens with zero attached hydrogens (tertiary/aromatic N) is 2. The number of hydrogen-bond acceptors (Lipinski definition) is 2. The third-order valence-electron chi connectivity index (χ3n) is 4.60. The molecule has 2 atom stereocenters. The molecule has 1 aromatic rings. The van der Waals surface area contributed by atoms with E-state index in [-0.39, 0.29) is 17.9 Å². The van der Waals surface area contributed by atoms with Crippen molar-refractivity contribution in [2.75, 3.05) is 31.5 Å². The summed E-state index contributed by atoms with van der Waals surface area (Å²) >= 11 is 5.93. The standard InChI is InChI=1S/C17H22ClN3O2/c1-12-10-15(12)16(22)20-6-3-7-21(9-8-20)17(23)19-14-5-2-4-13(18)11-14/h2,4-5,11-12,15H,3,6-10H2,1H3,(H,19,23)/t12-,15-/m0/s1. The van der Waals surface area contributed by atoms with Crippen LogP contribution in [0, 0.1) is 11.8 Å². The highest BCUT2D eigenvalue weighted by molar-refractivity contribution is 6.30. The summed E-state index contributed by atoms with van der Waals surface area (Å²) in [6.45, 7) is 4.70. The maximum absolute atomic E-state index is 12.4. The first-order valence-corrected chi connectivity index (χ1v) is 8.52. The molecule has 1 saturated carbocycles. The lowest BCUT2D eigenvalue weighted by atomic mass is 10.3. The molecule has 6 heteroatoms. The minimum Gasteiger partial charge on any atom is -0.341 e. The smallest absolute Gasteiger partial charge is 0.321 e. The molecule has 1 aliphatic carbocycles. The predicted molar refractivity (Wildman–Crippen MR) is 90.5 cm³/mol. The molecule has 0 bridgehead atoms. The number of carbonyl (C=O) groups is 2. The number of benzene rings is 1. The highest BCUT2D eigenvalue weighted by atomic mass is 35.5. The Hall–Kier alpha value is -1.75. The Morgan fingerprint density at radius 2 is 1.87 bits per heavy atom. The monoisotopic (exact) mass is 335 g/mol. The number of halogens is 1. The first-order chi connectivity index (χ1) is 11.0. The molecule has 2 fully saturated rings. The summed E-state index contributed by atoms with van der Waals surface area (Å²) in [4.78, 5) is 28.4. The van der Waals surface area contributed by atoms with Crippen LogP contribution in [0.25, 0.3) is 0 Å². The Bertz CT molecular complexity index is 607. The molecule has 1 saturated heterocycles. The average molecular weight is 336 g/mol. The van der Waals surface area contributed by atoms with Crippen LogP contribution in [0.15, 0.2) is 24.3 Å². The zero-order valence-electron chi connectivity index (χ0n) is 13.3. The number of anilines is 1. The Kier molecular flexibility index (Phi) is 4.76. The van der Waals surface area contributed by atoms with Gasteiger partial charge in [-0.2, -0.15) is 0 Å². The van der Waals surface area contributed by atoms with Crippen LogP contribution in [-0.2, 0) is 4.79 Å². The van der Waals surface area contributed by atoms with Gasteiger partial charge in [-0.1, -0.05) is 24.6 Å². The third kappa shape index (κ3) is 3.96. The van der Waals surface area contributed by atoms with Crippen molar-refractivity contribution in [1.29, 1.82) is 0 Å². The molecule has 3 rings (SSSR count). The Morgan fingerprint density at radius 3 is 2.57 bits per heavy atom. The number of carbonyl (C=O) groups excluding carboxylic acids is 2. The summed E-state index contributed by atoms with van der Waals surface area (Å²) in [5.74, 6) is 0.990. The number of nitrogens with one attached hydrogen (secondary N) is 1. The largest absolute Gasteiger partial charge is 0.341 e. The fraction of sp³-hybridized carbons (Fsp3) is 0.529. The zero-order chi connectivity index (χ0) is 16.4. The van der Waals surface area contributed by atoms with Crippen molar-refractivity contribution in [2.24, 2.45) is 11.8 Å². The predicted octanol–water partition coefficient (Wildman–Crippen LogP) is 3.06. The fourth-order valence-corrected chi connectivity index (χ4v) is 3.20. The summed E-state index contributed by atoms with van der Waals surface area (Å²) in [6.07, 6.45) is 1.82. The lowest BCUT2D eigenvalue weighted by Crippen LogP contribution is -2.39. The molecule has 0 spiro atoms. The SMILES string of the molecule is C[C@H]1C[C@@H]1C(=O)N1CCCN(C(=O)Nc2cccc(Cl)c2)CC1. The van der Waals surface area contributed by atoms with Crippen molar-refractivity contribution in [1.82, 2.24) is 9.80 Å². The van der Waals surface area contributed by atoms with Crippen LogP contribution in [0.2, 0.25) is 5.02 Å². The van der Waals surface area contributed by atoms with Crippen LogP contribution in [-0.4, -0.2) is 47.9 Å². The van der Waals surface area contributed by atoms with Gasteiger partial charge < -0.3 is 15.1 Å². The van der Waals surface area contributed by atoms with Gasteiger partial charge in [-0.05, 0) is 37.0 Å². The van der Waals surface area contributed by atoms with Crippen molar-refractivity contribution in [2.45, 2.75) is 19.8 Å². The van der Waals surface area contributed by atoms with Gasteiger partial charge in [-0.15, -0.1) is 0 Å². The second-order valence-corrected chi connectivity index (χ2v) is 6.86. The molecule has 1 aromatic carbocycles. The van der Waals surface area contributed by atoms with Crippen LogP contribution >= 0.6 is 11.6 Å². The molecular weight excluding hydrogens is 314 g/mol. The first-order valence-electron chi connectivity index (χ1n) is 8.15. The van der Waals surface area contributed by atoms with Gasteiger partial charge in [-0.25, -0.2) is 4.79 Å². The number of urea groups is 1.